The summed E-state index contributed by atoms with van der Waals surface area (Å²) in [6, 6.07) is 6.04. The van der Waals surface area contributed by atoms with Gasteiger partial charge in [-0.05, 0) is 36.5 Å². The number of hydrogen-bond acceptors (Lipinski definition) is 5. The van der Waals surface area contributed by atoms with Crippen LogP contribution in [0.3, 0.4) is 0 Å². The SMILES string of the molecule is CN1C(=S)SCc2nc(-c3ccc(F)cc3)nc(=S)n21. The second-order valence-electron chi connectivity index (χ2n) is 4.14. The van der Waals surface area contributed by atoms with Crippen molar-refractivity contribution in [3.05, 3.63) is 40.7 Å². The molecule has 0 radical (unpaired) electrons. The van der Waals surface area contributed by atoms with E-state index in [1.54, 1.807) is 21.8 Å². The number of aromatic nitrogens is 3. The van der Waals surface area contributed by atoms with E-state index in [0.29, 0.717) is 16.3 Å². The molecule has 0 atom stereocenters. The second kappa shape index (κ2) is 5.19. The van der Waals surface area contributed by atoms with Gasteiger partial charge in [0.25, 0.3) is 0 Å². The van der Waals surface area contributed by atoms with Crippen LogP contribution in [0.5, 0.6) is 0 Å². The molecule has 1 aromatic carbocycles. The maximum atomic E-state index is 13.0. The van der Waals surface area contributed by atoms with E-state index in [1.165, 1.54) is 23.9 Å². The lowest BCUT2D eigenvalue weighted by molar-refractivity contribution is 0.628. The minimum absolute atomic E-state index is 0.291. The quantitative estimate of drug-likeness (QED) is 0.750. The van der Waals surface area contributed by atoms with Crippen LogP contribution in [0.2, 0.25) is 0 Å². The Labute approximate surface area is 129 Å². The molecular formula is C12H9FN4S3. The number of fused-ring (bicyclic) bond motifs is 1. The van der Waals surface area contributed by atoms with E-state index in [1.807, 2.05) is 7.05 Å². The molecule has 3 rings (SSSR count). The lowest BCUT2D eigenvalue weighted by Gasteiger charge is -2.28. The van der Waals surface area contributed by atoms with Crippen molar-refractivity contribution in [1.29, 1.82) is 0 Å². The molecule has 4 nitrogen and oxygen atoms in total. The molecular weight excluding hydrogens is 315 g/mol. The predicted octanol–water partition coefficient (Wildman–Crippen LogP) is 2.91. The summed E-state index contributed by atoms with van der Waals surface area (Å²) < 4.78 is 15.8. The normalized spacial score (nSPS) is 14.3. The predicted molar refractivity (Wildman–Crippen MR) is 84.3 cm³/mol. The third kappa shape index (κ3) is 2.34. The molecule has 0 aliphatic carbocycles. The van der Waals surface area contributed by atoms with Gasteiger partial charge >= 0.3 is 0 Å². The Bertz CT molecular complexity index is 741. The Morgan fingerprint density at radius 1 is 1.20 bits per heavy atom. The van der Waals surface area contributed by atoms with Crippen LogP contribution >= 0.6 is 36.2 Å². The van der Waals surface area contributed by atoms with E-state index in [-0.39, 0.29) is 5.82 Å². The molecule has 2 aromatic rings. The van der Waals surface area contributed by atoms with Crippen LogP contribution in [-0.4, -0.2) is 26.0 Å². The number of thiocarbonyl (C=S) groups is 1. The zero-order chi connectivity index (χ0) is 14.3. The fourth-order valence-electron chi connectivity index (χ4n) is 1.87. The Morgan fingerprint density at radius 3 is 2.60 bits per heavy atom. The summed E-state index contributed by atoms with van der Waals surface area (Å²) in [5.41, 5.74) is 0.738. The molecule has 0 saturated heterocycles. The van der Waals surface area contributed by atoms with Crippen LogP contribution in [0.1, 0.15) is 5.82 Å². The third-order valence-electron chi connectivity index (χ3n) is 2.85. The van der Waals surface area contributed by atoms with E-state index in [0.717, 1.165) is 15.7 Å². The average molecular weight is 324 g/mol. The molecule has 0 bridgehead atoms. The Balaban J connectivity index is 2.13. The van der Waals surface area contributed by atoms with Gasteiger partial charge in [0.1, 0.15) is 11.6 Å². The first kappa shape index (κ1) is 13.6. The third-order valence-corrected chi connectivity index (χ3v) is 4.65. The fraction of sp³-hybridized carbons (Fsp3) is 0.167. The summed E-state index contributed by atoms with van der Waals surface area (Å²) in [4.78, 5) is 8.80. The molecule has 102 valence electrons. The van der Waals surface area contributed by atoms with Crippen LogP contribution < -0.4 is 5.01 Å². The number of halogens is 1. The number of benzene rings is 1. The van der Waals surface area contributed by atoms with Gasteiger partial charge in [0.15, 0.2) is 10.1 Å². The van der Waals surface area contributed by atoms with Crippen molar-refractivity contribution in [3.8, 4) is 11.4 Å². The molecule has 8 heteroatoms. The summed E-state index contributed by atoms with van der Waals surface area (Å²) in [6.45, 7) is 0. The van der Waals surface area contributed by atoms with E-state index in [9.17, 15) is 4.39 Å². The average Bonchev–Trinajstić information content (AvgIpc) is 2.43. The lowest BCUT2D eigenvalue weighted by Crippen LogP contribution is -2.40. The van der Waals surface area contributed by atoms with E-state index < -0.39 is 0 Å². The fourth-order valence-corrected chi connectivity index (χ4v) is 3.15. The van der Waals surface area contributed by atoms with Gasteiger partial charge in [-0.25, -0.2) is 14.1 Å². The van der Waals surface area contributed by atoms with Gasteiger partial charge in [-0.1, -0.05) is 24.0 Å². The molecule has 1 aliphatic rings. The van der Waals surface area contributed by atoms with E-state index >= 15 is 0 Å². The van der Waals surface area contributed by atoms with Crippen molar-refractivity contribution >= 4 is 40.5 Å². The Kier molecular flexibility index (Phi) is 3.53. The van der Waals surface area contributed by atoms with Gasteiger partial charge in [0, 0.05) is 12.6 Å². The van der Waals surface area contributed by atoms with Gasteiger partial charge < -0.3 is 0 Å². The highest BCUT2D eigenvalue weighted by atomic mass is 32.2. The van der Waals surface area contributed by atoms with Crippen molar-refractivity contribution < 1.29 is 4.39 Å². The smallest absolute Gasteiger partial charge is 0.222 e. The molecule has 0 fully saturated rings. The van der Waals surface area contributed by atoms with Gasteiger partial charge in [-0.3, -0.25) is 5.01 Å². The van der Waals surface area contributed by atoms with Crippen LogP contribution in [-0.2, 0) is 5.75 Å². The molecule has 0 N–H and O–H groups in total. The lowest BCUT2D eigenvalue weighted by atomic mass is 10.2. The largest absolute Gasteiger partial charge is 0.264 e. The minimum atomic E-state index is -0.291. The molecule has 0 unspecified atom stereocenters. The Morgan fingerprint density at radius 2 is 1.90 bits per heavy atom. The molecule has 2 heterocycles. The van der Waals surface area contributed by atoms with Crippen LogP contribution in [0, 0.1) is 10.6 Å². The molecule has 0 amide bonds. The first-order chi connectivity index (χ1) is 9.56. The summed E-state index contributed by atoms with van der Waals surface area (Å²) in [7, 11) is 1.83. The van der Waals surface area contributed by atoms with Crippen molar-refractivity contribution in [1.82, 2.24) is 14.6 Å². The zero-order valence-corrected chi connectivity index (χ0v) is 12.9. The number of thioether (sulfide) groups is 1. The highest BCUT2D eigenvalue weighted by Crippen LogP contribution is 2.23. The summed E-state index contributed by atoms with van der Waals surface area (Å²) >= 11 is 12.1. The van der Waals surface area contributed by atoms with Gasteiger partial charge in [0.05, 0.1) is 5.75 Å². The molecule has 1 aromatic heterocycles. The van der Waals surface area contributed by atoms with Crippen molar-refractivity contribution in [2.75, 3.05) is 12.1 Å². The molecule has 20 heavy (non-hydrogen) atoms. The van der Waals surface area contributed by atoms with E-state index in [2.05, 4.69) is 9.97 Å². The van der Waals surface area contributed by atoms with Crippen molar-refractivity contribution in [2.45, 2.75) is 5.75 Å². The number of rotatable bonds is 1. The van der Waals surface area contributed by atoms with Gasteiger partial charge in [0.2, 0.25) is 4.77 Å². The number of nitrogens with zero attached hydrogens (tertiary/aromatic N) is 4. The van der Waals surface area contributed by atoms with Crippen LogP contribution in [0.15, 0.2) is 24.3 Å². The maximum Gasteiger partial charge on any atom is 0.222 e. The topological polar surface area (TPSA) is 34.0 Å². The maximum absolute atomic E-state index is 13.0. The Hall–Kier alpha value is -1.38. The first-order valence-corrected chi connectivity index (χ1v) is 7.53. The molecule has 1 aliphatic heterocycles. The zero-order valence-electron chi connectivity index (χ0n) is 10.4. The van der Waals surface area contributed by atoms with E-state index in [4.69, 9.17) is 24.4 Å². The standard InChI is InChI=1S/C12H9FN4S3/c1-16-12(19)20-6-9-14-10(15-11(18)17(9)16)7-2-4-8(13)5-3-7/h2-5H,6H2,1H3. The minimum Gasteiger partial charge on any atom is -0.264 e. The summed E-state index contributed by atoms with van der Waals surface area (Å²) in [5, 5.41) is 1.76. The molecule has 0 saturated carbocycles. The van der Waals surface area contributed by atoms with Crippen molar-refractivity contribution in [3.63, 3.8) is 0 Å². The highest BCUT2D eigenvalue weighted by Gasteiger charge is 2.21. The monoisotopic (exact) mass is 324 g/mol. The molecule has 0 spiro atoms. The van der Waals surface area contributed by atoms with Crippen molar-refractivity contribution in [2.24, 2.45) is 0 Å². The highest BCUT2D eigenvalue weighted by molar-refractivity contribution is 8.22. The van der Waals surface area contributed by atoms with Crippen LogP contribution in [0.4, 0.5) is 4.39 Å². The van der Waals surface area contributed by atoms with Gasteiger partial charge in [-0.15, -0.1) is 0 Å². The van der Waals surface area contributed by atoms with Gasteiger partial charge in [-0.2, -0.15) is 4.98 Å². The summed E-state index contributed by atoms with van der Waals surface area (Å²) in [5.74, 6) is 1.64. The number of hydrogen-bond donors (Lipinski definition) is 0. The summed E-state index contributed by atoms with van der Waals surface area (Å²) in [6.07, 6.45) is 0. The van der Waals surface area contributed by atoms with Crippen LogP contribution in [0.25, 0.3) is 11.4 Å². The first-order valence-electron chi connectivity index (χ1n) is 5.73. The second-order valence-corrected chi connectivity index (χ2v) is 6.12.